The number of amides is 2. The van der Waals surface area contributed by atoms with E-state index in [9.17, 15) is 9.59 Å². The fourth-order valence-electron chi connectivity index (χ4n) is 2.32. The van der Waals surface area contributed by atoms with Crippen molar-refractivity contribution in [2.24, 2.45) is 11.5 Å². The number of carbonyl (C=O) groups is 2. The molecule has 0 spiro atoms. The largest absolute Gasteiger partial charge is 0.370 e. The SMILES string of the molecule is CC(C)(CC(N)=O)NC(=O)C1(N)CCCCC1. The summed E-state index contributed by atoms with van der Waals surface area (Å²) in [6.45, 7) is 3.56. The molecule has 0 heterocycles. The Labute approximate surface area is 102 Å². The summed E-state index contributed by atoms with van der Waals surface area (Å²) in [5.74, 6) is -0.589. The van der Waals surface area contributed by atoms with E-state index in [1.54, 1.807) is 13.8 Å². The highest BCUT2D eigenvalue weighted by Crippen LogP contribution is 2.26. The van der Waals surface area contributed by atoms with Crippen LogP contribution in [0.3, 0.4) is 0 Å². The number of rotatable bonds is 4. The Balaban J connectivity index is 2.61. The molecular formula is C12H23N3O2. The number of carbonyl (C=O) groups excluding carboxylic acids is 2. The first kappa shape index (κ1) is 14.0. The Hall–Kier alpha value is -1.10. The van der Waals surface area contributed by atoms with Crippen molar-refractivity contribution in [3.63, 3.8) is 0 Å². The predicted molar refractivity (Wildman–Crippen MR) is 66.0 cm³/mol. The Morgan fingerprint density at radius 2 is 1.76 bits per heavy atom. The van der Waals surface area contributed by atoms with E-state index in [1.807, 2.05) is 0 Å². The molecule has 17 heavy (non-hydrogen) atoms. The van der Waals surface area contributed by atoms with Gasteiger partial charge < -0.3 is 16.8 Å². The molecule has 1 fully saturated rings. The van der Waals surface area contributed by atoms with Crippen molar-refractivity contribution in [2.45, 2.75) is 63.5 Å². The lowest BCUT2D eigenvalue weighted by Gasteiger charge is -2.35. The van der Waals surface area contributed by atoms with E-state index >= 15 is 0 Å². The summed E-state index contributed by atoms with van der Waals surface area (Å²) < 4.78 is 0. The van der Waals surface area contributed by atoms with Gasteiger partial charge in [0.2, 0.25) is 11.8 Å². The monoisotopic (exact) mass is 241 g/mol. The molecule has 0 aromatic heterocycles. The summed E-state index contributed by atoms with van der Waals surface area (Å²) in [5, 5.41) is 2.83. The highest BCUT2D eigenvalue weighted by Gasteiger charge is 2.37. The number of hydrogen-bond donors (Lipinski definition) is 3. The zero-order valence-electron chi connectivity index (χ0n) is 10.7. The first-order valence-electron chi connectivity index (χ1n) is 6.15. The molecule has 0 bridgehead atoms. The molecule has 5 N–H and O–H groups in total. The van der Waals surface area contributed by atoms with Gasteiger partial charge in [-0.25, -0.2) is 0 Å². The zero-order chi connectivity index (χ0) is 13.1. The quantitative estimate of drug-likeness (QED) is 0.665. The molecule has 2 amide bonds. The summed E-state index contributed by atoms with van der Waals surface area (Å²) in [4.78, 5) is 23.0. The van der Waals surface area contributed by atoms with E-state index in [4.69, 9.17) is 11.5 Å². The van der Waals surface area contributed by atoms with Crippen molar-refractivity contribution in [3.05, 3.63) is 0 Å². The maximum Gasteiger partial charge on any atom is 0.240 e. The average Bonchev–Trinajstić information content (AvgIpc) is 2.15. The van der Waals surface area contributed by atoms with Crippen LogP contribution in [-0.4, -0.2) is 22.9 Å². The zero-order valence-corrected chi connectivity index (χ0v) is 10.7. The van der Waals surface area contributed by atoms with E-state index in [2.05, 4.69) is 5.32 Å². The minimum absolute atomic E-state index is 0.120. The lowest BCUT2D eigenvalue weighted by Crippen LogP contribution is -2.60. The van der Waals surface area contributed by atoms with Crippen LogP contribution in [0.15, 0.2) is 0 Å². The predicted octanol–water partition coefficient (Wildman–Crippen LogP) is 0.418. The van der Waals surface area contributed by atoms with Crippen LogP contribution < -0.4 is 16.8 Å². The number of nitrogens with two attached hydrogens (primary N) is 2. The Kier molecular flexibility index (Phi) is 4.14. The normalized spacial score (nSPS) is 19.7. The lowest BCUT2D eigenvalue weighted by molar-refractivity contribution is -0.129. The maximum absolute atomic E-state index is 12.1. The second-order valence-electron chi connectivity index (χ2n) is 5.70. The van der Waals surface area contributed by atoms with Gasteiger partial charge in [0.1, 0.15) is 0 Å². The molecule has 0 atom stereocenters. The standard InChI is InChI=1S/C12H23N3O2/c1-11(2,8-9(13)16)15-10(17)12(14)6-4-3-5-7-12/h3-8,14H2,1-2H3,(H2,13,16)(H,15,17). The molecule has 1 aliphatic carbocycles. The highest BCUT2D eigenvalue weighted by molar-refractivity contribution is 5.87. The van der Waals surface area contributed by atoms with E-state index < -0.39 is 17.0 Å². The topological polar surface area (TPSA) is 98.2 Å². The summed E-state index contributed by atoms with van der Waals surface area (Å²) in [6, 6.07) is 0. The Morgan fingerprint density at radius 1 is 1.24 bits per heavy atom. The van der Waals surface area contributed by atoms with Crippen LogP contribution in [0.4, 0.5) is 0 Å². The third kappa shape index (κ3) is 4.00. The molecule has 1 rings (SSSR count). The van der Waals surface area contributed by atoms with Gasteiger partial charge in [-0.15, -0.1) is 0 Å². The number of primary amides is 1. The molecule has 98 valence electrons. The van der Waals surface area contributed by atoms with Gasteiger partial charge in [0.05, 0.1) is 5.54 Å². The summed E-state index contributed by atoms with van der Waals surface area (Å²) in [6.07, 6.45) is 4.66. The van der Waals surface area contributed by atoms with Crippen LogP contribution in [-0.2, 0) is 9.59 Å². The Morgan fingerprint density at radius 3 is 2.24 bits per heavy atom. The molecule has 0 unspecified atom stereocenters. The molecule has 0 aliphatic heterocycles. The number of nitrogens with one attached hydrogen (secondary N) is 1. The van der Waals surface area contributed by atoms with Crippen LogP contribution in [0.5, 0.6) is 0 Å². The van der Waals surface area contributed by atoms with Crippen LogP contribution in [0, 0.1) is 0 Å². The summed E-state index contributed by atoms with van der Waals surface area (Å²) in [7, 11) is 0. The second-order valence-corrected chi connectivity index (χ2v) is 5.70. The maximum atomic E-state index is 12.1. The second kappa shape index (κ2) is 5.04. The molecule has 0 aromatic carbocycles. The molecule has 5 nitrogen and oxygen atoms in total. The van der Waals surface area contributed by atoms with Gasteiger partial charge >= 0.3 is 0 Å². The van der Waals surface area contributed by atoms with Gasteiger partial charge in [0.25, 0.3) is 0 Å². The van der Waals surface area contributed by atoms with Gasteiger partial charge in [-0.1, -0.05) is 19.3 Å². The van der Waals surface area contributed by atoms with E-state index in [0.29, 0.717) is 12.8 Å². The molecule has 0 saturated heterocycles. The minimum atomic E-state index is -0.771. The van der Waals surface area contributed by atoms with Crippen LogP contribution in [0.1, 0.15) is 52.4 Å². The van der Waals surface area contributed by atoms with Crippen molar-refractivity contribution in [2.75, 3.05) is 0 Å². The molecule has 1 aliphatic rings. The number of hydrogen-bond acceptors (Lipinski definition) is 3. The fourth-order valence-corrected chi connectivity index (χ4v) is 2.32. The van der Waals surface area contributed by atoms with E-state index in [1.165, 1.54) is 0 Å². The first-order chi connectivity index (χ1) is 7.75. The Bertz CT molecular complexity index is 307. The van der Waals surface area contributed by atoms with Gasteiger partial charge in [-0.2, -0.15) is 0 Å². The van der Waals surface area contributed by atoms with Crippen molar-refractivity contribution >= 4 is 11.8 Å². The molecule has 0 radical (unpaired) electrons. The average molecular weight is 241 g/mol. The van der Waals surface area contributed by atoms with E-state index in [0.717, 1.165) is 19.3 Å². The lowest BCUT2D eigenvalue weighted by atomic mass is 9.81. The van der Waals surface area contributed by atoms with Gasteiger partial charge in [0, 0.05) is 12.0 Å². The molecule has 5 heteroatoms. The fraction of sp³-hybridized carbons (Fsp3) is 0.833. The van der Waals surface area contributed by atoms with Gasteiger partial charge in [0.15, 0.2) is 0 Å². The van der Waals surface area contributed by atoms with Gasteiger partial charge in [-0.05, 0) is 26.7 Å². The highest BCUT2D eigenvalue weighted by atomic mass is 16.2. The first-order valence-corrected chi connectivity index (χ1v) is 6.15. The van der Waals surface area contributed by atoms with E-state index in [-0.39, 0.29) is 12.3 Å². The molecule has 1 saturated carbocycles. The van der Waals surface area contributed by atoms with Crippen LogP contribution in [0.2, 0.25) is 0 Å². The minimum Gasteiger partial charge on any atom is -0.370 e. The van der Waals surface area contributed by atoms with Crippen LogP contribution in [0.25, 0.3) is 0 Å². The van der Waals surface area contributed by atoms with Gasteiger partial charge in [-0.3, -0.25) is 9.59 Å². The summed E-state index contributed by atoms with van der Waals surface area (Å²) in [5.41, 5.74) is 9.85. The molecular weight excluding hydrogens is 218 g/mol. The third-order valence-electron chi connectivity index (χ3n) is 3.27. The van der Waals surface area contributed by atoms with Crippen LogP contribution >= 0.6 is 0 Å². The van der Waals surface area contributed by atoms with Crippen molar-refractivity contribution < 1.29 is 9.59 Å². The van der Waals surface area contributed by atoms with Crippen molar-refractivity contribution in [1.82, 2.24) is 5.32 Å². The molecule has 0 aromatic rings. The third-order valence-corrected chi connectivity index (χ3v) is 3.27. The van der Waals surface area contributed by atoms with Crippen molar-refractivity contribution in [3.8, 4) is 0 Å². The van der Waals surface area contributed by atoms with Crippen molar-refractivity contribution in [1.29, 1.82) is 0 Å². The summed E-state index contributed by atoms with van der Waals surface area (Å²) >= 11 is 0. The smallest absolute Gasteiger partial charge is 0.240 e.